The second-order valence-electron chi connectivity index (χ2n) is 7.65. The zero-order valence-corrected chi connectivity index (χ0v) is 17.0. The summed E-state index contributed by atoms with van der Waals surface area (Å²) in [4.78, 5) is 17.1. The molecule has 3 rings (SSSR count). The molecule has 1 aromatic rings. The Morgan fingerprint density at radius 2 is 1.86 bits per heavy atom. The average Bonchev–Trinajstić information content (AvgIpc) is 3.25. The number of benzene rings is 1. The Balaban J connectivity index is 1.68. The molecule has 0 N–H and O–H groups in total. The first-order chi connectivity index (χ1) is 13.5. The Kier molecular flexibility index (Phi) is 7.26. The minimum Gasteiger partial charge on any atom is -0.484 e. The largest absolute Gasteiger partial charge is 0.484 e. The molecule has 2 aliphatic rings. The number of hydrogen-bond acceptors (Lipinski definition) is 5. The summed E-state index contributed by atoms with van der Waals surface area (Å²) in [5.74, 6) is -0.145. The van der Waals surface area contributed by atoms with Gasteiger partial charge in [0.25, 0.3) is 5.91 Å². The lowest BCUT2D eigenvalue weighted by Crippen LogP contribution is -2.59. The summed E-state index contributed by atoms with van der Waals surface area (Å²) in [7, 11) is 5.24. The van der Waals surface area contributed by atoms with Gasteiger partial charge in [-0.25, -0.2) is 4.39 Å². The summed E-state index contributed by atoms with van der Waals surface area (Å²) in [6.45, 7) is 1.99. The van der Waals surface area contributed by atoms with Crippen LogP contribution in [0.25, 0.3) is 0 Å². The van der Waals surface area contributed by atoms with Crippen LogP contribution in [0, 0.1) is 5.82 Å². The number of methoxy groups -OCH3 is 2. The standard InChI is InChI=1S/C21H31FN2O4/c1-23(21(25)14-28-16-8-6-7-15(22)11-16)17-12-19(26-2)20(27-3)13-18(17)24-9-4-5-10-24/h6-8,11,17-20H,4-5,9-10,12-14H2,1-3H3/t17-,18-,19-,20+/m1/s1. The summed E-state index contributed by atoms with van der Waals surface area (Å²) in [6, 6.07) is 6.11. The molecule has 0 spiro atoms. The van der Waals surface area contributed by atoms with Gasteiger partial charge in [0.2, 0.25) is 0 Å². The SMILES string of the molecule is CO[C@H]1C[C@@H](N2CCCC2)[C@H](N(C)C(=O)COc2cccc(F)c2)C[C@H]1OC. The smallest absolute Gasteiger partial charge is 0.260 e. The Labute approximate surface area is 166 Å². The van der Waals surface area contributed by atoms with E-state index in [0.717, 1.165) is 25.9 Å². The molecule has 0 unspecified atom stereocenters. The molecular weight excluding hydrogens is 363 g/mol. The van der Waals surface area contributed by atoms with E-state index in [2.05, 4.69) is 4.90 Å². The van der Waals surface area contributed by atoms with Crippen LogP contribution in [0.1, 0.15) is 25.7 Å². The van der Waals surface area contributed by atoms with Gasteiger partial charge in [-0.2, -0.15) is 0 Å². The molecule has 0 bridgehead atoms. The van der Waals surface area contributed by atoms with Crippen molar-refractivity contribution in [3.63, 3.8) is 0 Å². The maximum Gasteiger partial charge on any atom is 0.260 e. The number of likely N-dealkylation sites (tertiary alicyclic amines) is 1. The van der Waals surface area contributed by atoms with Crippen LogP contribution in [0.2, 0.25) is 0 Å². The lowest BCUT2D eigenvalue weighted by Gasteiger charge is -2.47. The molecule has 4 atom stereocenters. The van der Waals surface area contributed by atoms with Gasteiger partial charge in [0.05, 0.1) is 12.2 Å². The van der Waals surface area contributed by atoms with Gasteiger partial charge in [0, 0.05) is 39.4 Å². The van der Waals surface area contributed by atoms with Gasteiger partial charge in [0.1, 0.15) is 11.6 Å². The fourth-order valence-corrected chi connectivity index (χ4v) is 4.46. The minimum atomic E-state index is -0.381. The maximum atomic E-state index is 13.3. The molecule has 1 heterocycles. The van der Waals surface area contributed by atoms with Gasteiger partial charge in [-0.05, 0) is 50.9 Å². The monoisotopic (exact) mass is 394 g/mol. The van der Waals surface area contributed by atoms with Crippen molar-refractivity contribution in [3.05, 3.63) is 30.1 Å². The van der Waals surface area contributed by atoms with Gasteiger partial charge in [0.15, 0.2) is 6.61 Å². The Hall–Kier alpha value is -1.70. The van der Waals surface area contributed by atoms with Gasteiger partial charge < -0.3 is 19.1 Å². The molecule has 1 aromatic carbocycles. The van der Waals surface area contributed by atoms with Gasteiger partial charge >= 0.3 is 0 Å². The van der Waals surface area contributed by atoms with Crippen LogP contribution < -0.4 is 4.74 Å². The predicted molar refractivity (Wildman–Crippen MR) is 104 cm³/mol. The fourth-order valence-electron chi connectivity index (χ4n) is 4.46. The van der Waals surface area contributed by atoms with Crippen molar-refractivity contribution < 1.29 is 23.4 Å². The van der Waals surface area contributed by atoms with Crippen LogP contribution in [0.15, 0.2) is 24.3 Å². The summed E-state index contributed by atoms with van der Waals surface area (Å²) < 4.78 is 30.2. The topological polar surface area (TPSA) is 51.2 Å². The number of carbonyl (C=O) groups is 1. The Morgan fingerprint density at radius 3 is 2.50 bits per heavy atom. The third kappa shape index (κ3) is 4.82. The van der Waals surface area contributed by atoms with E-state index in [1.54, 1.807) is 31.3 Å². The van der Waals surface area contributed by atoms with Crippen molar-refractivity contribution in [1.29, 1.82) is 0 Å². The van der Waals surface area contributed by atoms with E-state index in [9.17, 15) is 9.18 Å². The second kappa shape index (κ2) is 9.67. The summed E-state index contributed by atoms with van der Waals surface area (Å²) in [5, 5.41) is 0. The van der Waals surface area contributed by atoms with E-state index in [4.69, 9.17) is 14.2 Å². The molecule has 1 saturated heterocycles. The van der Waals surface area contributed by atoms with Crippen LogP contribution in [-0.2, 0) is 14.3 Å². The number of hydrogen-bond donors (Lipinski definition) is 0. The number of likely N-dealkylation sites (N-methyl/N-ethyl adjacent to an activating group) is 1. The third-order valence-electron chi connectivity index (χ3n) is 6.07. The molecule has 0 aromatic heterocycles. The normalized spacial score (nSPS) is 28.3. The molecule has 1 amide bonds. The molecule has 0 radical (unpaired) electrons. The van der Waals surface area contributed by atoms with E-state index >= 15 is 0 Å². The molecule has 1 aliphatic carbocycles. The lowest BCUT2D eigenvalue weighted by molar-refractivity contribution is -0.142. The third-order valence-corrected chi connectivity index (χ3v) is 6.07. The first-order valence-electron chi connectivity index (χ1n) is 9.97. The summed E-state index contributed by atoms with van der Waals surface area (Å²) in [6.07, 6.45) is 3.91. The van der Waals surface area contributed by atoms with Crippen molar-refractivity contribution in [2.75, 3.05) is 41.0 Å². The van der Waals surface area contributed by atoms with E-state index in [1.807, 2.05) is 7.05 Å². The summed E-state index contributed by atoms with van der Waals surface area (Å²) in [5.41, 5.74) is 0. The molecule has 1 aliphatic heterocycles. The van der Waals surface area contributed by atoms with E-state index < -0.39 is 0 Å². The predicted octanol–water partition coefficient (Wildman–Crippen LogP) is 2.32. The fraction of sp³-hybridized carbons (Fsp3) is 0.667. The van der Waals surface area contributed by atoms with E-state index in [-0.39, 0.29) is 42.6 Å². The number of nitrogens with zero attached hydrogens (tertiary/aromatic N) is 2. The second-order valence-corrected chi connectivity index (χ2v) is 7.65. The maximum absolute atomic E-state index is 13.3. The van der Waals surface area contributed by atoms with Crippen LogP contribution in [0.4, 0.5) is 4.39 Å². The molecule has 7 heteroatoms. The number of halogens is 1. The lowest BCUT2D eigenvalue weighted by atomic mass is 9.84. The molecule has 6 nitrogen and oxygen atoms in total. The van der Waals surface area contributed by atoms with Gasteiger partial charge in [-0.1, -0.05) is 6.07 Å². The first kappa shape index (κ1) is 21.0. The Morgan fingerprint density at radius 1 is 1.18 bits per heavy atom. The van der Waals surface area contributed by atoms with E-state index in [1.165, 1.54) is 25.0 Å². The number of rotatable bonds is 7. The first-order valence-corrected chi connectivity index (χ1v) is 9.97. The van der Waals surface area contributed by atoms with Crippen molar-refractivity contribution >= 4 is 5.91 Å². The van der Waals surface area contributed by atoms with Crippen molar-refractivity contribution in [3.8, 4) is 5.75 Å². The van der Waals surface area contributed by atoms with Crippen molar-refractivity contribution in [1.82, 2.24) is 9.80 Å². The molecule has 1 saturated carbocycles. The van der Waals surface area contributed by atoms with Gasteiger partial charge in [-0.15, -0.1) is 0 Å². The van der Waals surface area contributed by atoms with Crippen LogP contribution in [-0.4, -0.2) is 81.0 Å². The highest BCUT2D eigenvalue weighted by molar-refractivity contribution is 5.78. The molecule has 2 fully saturated rings. The average molecular weight is 394 g/mol. The minimum absolute atomic E-state index is 0.0260. The highest BCUT2D eigenvalue weighted by atomic mass is 19.1. The number of ether oxygens (including phenoxy) is 3. The van der Waals surface area contributed by atoms with Crippen LogP contribution in [0.5, 0.6) is 5.75 Å². The van der Waals surface area contributed by atoms with Crippen LogP contribution >= 0.6 is 0 Å². The number of carbonyl (C=O) groups excluding carboxylic acids is 1. The zero-order valence-electron chi connectivity index (χ0n) is 17.0. The van der Waals surface area contributed by atoms with Crippen LogP contribution in [0.3, 0.4) is 0 Å². The molecule has 28 heavy (non-hydrogen) atoms. The highest BCUT2D eigenvalue weighted by Gasteiger charge is 2.43. The number of amides is 1. The van der Waals surface area contributed by atoms with Crippen molar-refractivity contribution in [2.45, 2.75) is 50.0 Å². The zero-order chi connectivity index (χ0) is 20.1. The Bertz CT molecular complexity index is 653. The summed E-state index contributed by atoms with van der Waals surface area (Å²) >= 11 is 0. The molecule has 156 valence electrons. The quantitative estimate of drug-likeness (QED) is 0.710. The van der Waals surface area contributed by atoms with Crippen molar-refractivity contribution in [2.24, 2.45) is 0 Å². The van der Waals surface area contributed by atoms with E-state index in [0.29, 0.717) is 5.75 Å². The molecular formula is C21H31FN2O4. The highest BCUT2D eigenvalue weighted by Crippen LogP contribution is 2.32. The van der Waals surface area contributed by atoms with Gasteiger partial charge in [-0.3, -0.25) is 9.69 Å².